The van der Waals surface area contributed by atoms with Gasteiger partial charge in [-0.15, -0.1) is 0 Å². The minimum absolute atomic E-state index is 0.594. The molecule has 0 aliphatic carbocycles. The highest BCUT2D eigenvalue weighted by Gasteiger charge is 2.31. The Hall–Kier alpha value is -1.36. The minimum atomic E-state index is -0.594. The van der Waals surface area contributed by atoms with Gasteiger partial charge in [0.25, 0.3) is 0 Å². The third kappa shape index (κ3) is 2.41. The van der Waals surface area contributed by atoms with Gasteiger partial charge >= 0.3 is 0 Å². The highest BCUT2D eigenvalue weighted by molar-refractivity contribution is 5.44. The van der Waals surface area contributed by atoms with E-state index in [1.807, 2.05) is 19.9 Å². The van der Waals surface area contributed by atoms with Crippen LogP contribution in [0.2, 0.25) is 0 Å². The summed E-state index contributed by atoms with van der Waals surface area (Å²) in [7, 11) is 0. The molecule has 1 aromatic heterocycles. The summed E-state index contributed by atoms with van der Waals surface area (Å²) in [5, 5.41) is 13.0. The monoisotopic (exact) mass is 222 g/mol. The highest BCUT2D eigenvalue weighted by atomic mass is 16.3. The van der Waals surface area contributed by atoms with E-state index in [1.165, 1.54) is 0 Å². The van der Waals surface area contributed by atoms with Crippen LogP contribution in [-0.4, -0.2) is 40.3 Å². The van der Waals surface area contributed by atoms with E-state index in [1.54, 1.807) is 6.20 Å². The predicted octanol–water partition coefficient (Wildman–Crippen LogP) is 0.869. The summed E-state index contributed by atoms with van der Waals surface area (Å²) in [6.07, 6.45) is 2.53. The maximum absolute atomic E-state index is 9.90. The fraction of sp³-hybridized carbons (Fsp3) is 0.636. The molecule has 1 unspecified atom stereocenters. The molecule has 1 aromatic rings. The molecule has 1 saturated heterocycles. The van der Waals surface area contributed by atoms with Crippen molar-refractivity contribution in [3.63, 3.8) is 0 Å². The number of nitrogens with one attached hydrogen (secondary N) is 1. The molecule has 88 valence electrons. The van der Waals surface area contributed by atoms with Crippen molar-refractivity contribution in [2.24, 2.45) is 0 Å². The first kappa shape index (κ1) is 11.1. The van der Waals surface area contributed by atoms with Crippen LogP contribution in [0.3, 0.4) is 0 Å². The van der Waals surface area contributed by atoms with Gasteiger partial charge in [-0.2, -0.15) is 4.98 Å². The molecule has 1 atom stereocenters. The molecule has 0 spiro atoms. The number of β-amino-alcohol motifs (C(OH)–C–C–N with tert-alkyl or cyclic N) is 1. The first-order valence-corrected chi connectivity index (χ1v) is 5.65. The molecule has 16 heavy (non-hydrogen) atoms. The van der Waals surface area contributed by atoms with E-state index < -0.39 is 5.60 Å². The zero-order chi connectivity index (χ0) is 11.6. The van der Waals surface area contributed by atoms with E-state index in [2.05, 4.69) is 20.2 Å². The second-order valence-electron chi connectivity index (χ2n) is 4.44. The van der Waals surface area contributed by atoms with E-state index >= 15 is 0 Å². The number of aromatic nitrogens is 2. The molecule has 1 fully saturated rings. The van der Waals surface area contributed by atoms with Crippen LogP contribution >= 0.6 is 0 Å². The van der Waals surface area contributed by atoms with Gasteiger partial charge in [-0.1, -0.05) is 0 Å². The van der Waals surface area contributed by atoms with E-state index in [4.69, 9.17) is 0 Å². The van der Waals surface area contributed by atoms with Crippen LogP contribution in [-0.2, 0) is 0 Å². The van der Waals surface area contributed by atoms with Crippen LogP contribution in [0.4, 0.5) is 11.8 Å². The Balaban J connectivity index is 2.12. The third-order valence-electron chi connectivity index (χ3n) is 2.75. The number of aliphatic hydroxyl groups is 1. The zero-order valence-corrected chi connectivity index (χ0v) is 9.77. The average molecular weight is 222 g/mol. The number of hydrogen-bond donors (Lipinski definition) is 2. The van der Waals surface area contributed by atoms with Gasteiger partial charge in [-0.25, -0.2) is 4.98 Å². The van der Waals surface area contributed by atoms with Gasteiger partial charge < -0.3 is 15.3 Å². The third-order valence-corrected chi connectivity index (χ3v) is 2.75. The lowest BCUT2D eigenvalue weighted by Gasteiger charge is -2.20. The van der Waals surface area contributed by atoms with Crippen LogP contribution in [0.25, 0.3) is 0 Å². The summed E-state index contributed by atoms with van der Waals surface area (Å²) in [4.78, 5) is 10.6. The Morgan fingerprint density at radius 1 is 1.62 bits per heavy atom. The van der Waals surface area contributed by atoms with Gasteiger partial charge in [0.05, 0.1) is 5.60 Å². The maximum Gasteiger partial charge on any atom is 0.224 e. The molecule has 1 aliphatic rings. The summed E-state index contributed by atoms with van der Waals surface area (Å²) in [6, 6.07) is 1.88. The second-order valence-corrected chi connectivity index (χ2v) is 4.44. The van der Waals surface area contributed by atoms with E-state index in [-0.39, 0.29) is 0 Å². The van der Waals surface area contributed by atoms with E-state index in [0.29, 0.717) is 12.5 Å². The van der Waals surface area contributed by atoms with Gasteiger partial charge in [0, 0.05) is 25.8 Å². The van der Waals surface area contributed by atoms with E-state index in [0.717, 1.165) is 25.3 Å². The summed E-state index contributed by atoms with van der Waals surface area (Å²) in [5.74, 6) is 1.52. The molecular weight excluding hydrogens is 204 g/mol. The molecular formula is C11H18N4O. The lowest BCUT2D eigenvalue weighted by molar-refractivity contribution is 0.0839. The quantitative estimate of drug-likeness (QED) is 0.794. The summed E-state index contributed by atoms with van der Waals surface area (Å²) in [5.41, 5.74) is -0.594. The Morgan fingerprint density at radius 3 is 3.06 bits per heavy atom. The van der Waals surface area contributed by atoms with Crippen LogP contribution in [0.15, 0.2) is 12.3 Å². The van der Waals surface area contributed by atoms with Crippen molar-refractivity contribution in [1.29, 1.82) is 0 Å². The lowest BCUT2D eigenvalue weighted by Crippen LogP contribution is -2.30. The SMILES string of the molecule is CCNc1nccc(N2CCC(C)(O)C2)n1. The smallest absolute Gasteiger partial charge is 0.224 e. The van der Waals surface area contributed by atoms with Gasteiger partial charge in [0.15, 0.2) is 0 Å². The Morgan fingerprint density at radius 2 is 2.44 bits per heavy atom. The van der Waals surface area contributed by atoms with Crippen LogP contribution in [0, 0.1) is 0 Å². The molecule has 2 rings (SSSR count). The first-order chi connectivity index (χ1) is 7.61. The summed E-state index contributed by atoms with van der Waals surface area (Å²) < 4.78 is 0. The maximum atomic E-state index is 9.90. The van der Waals surface area contributed by atoms with Gasteiger partial charge in [0.2, 0.25) is 5.95 Å². The Kier molecular flexibility index (Phi) is 2.96. The molecule has 0 aromatic carbocycles. The van der Waals surface area contributed by atoms with Crippen molar-refractivity contribution in [2.75, 3.05) is 29.9 Å². The molecule has 1 aliphatic heterocycles. The fourth-order valence-electron chi connectivity index (χ4n) is 1.91. The first-order valence-electron chi connectivity index (χ1n) is 5.65. The molecule has 5 nitrogen and oxygen atoms in total. The number of nitrogens with zero attached hydrogens (tertiary/aromatic N) is 3. The molecule has 0 saturated carbocycles. The van der Waals surface area contributed by atoms with Crippen molar-refractivity contribution in [2.45, 2.75) is 25.9 Å². The molecule has 2 heterocycles. The fourth-order valence-corrected chi connectivity index (χ4v) is 1.91. The van der Waals surface area contributed by atoms with E-state index in [9.17, 15) is 5.11 Å². The van der Waals surface area contributed by atoms with Gasteiger partial charge in [-0.3, -0.25) is 0 Å². The highest BCUT2D eigenvalue weighted by Crippen LogP contribution is 2.24. The summed E-state index contributed by atoms with van der Waals surface area (Å²) >= 11 is 0. The predicted molar refractivity (Wildman–Crippen MR) is 63.6 cm³/mol. The number of rotatable bonds is 3. The zero-order valence-electron chi connectivity index (χ0n) is 9.77. The standard InChI is InChI=1S/C11H18N4O/c1-3-12-10-13-6-4-9(14-10)15-7-5-11(2,16)8-15/h4,6,16H,3,5,7-8H2,1-2H3,(H,12,13,14). The van der Waals surface area contributed by atoms with Crippen molar-refractivity contribution >= 4 is 11.8 Å². The largest absolute Gasteiger partial charge is 0.388 e. The van der Waals surface area contributed by atoms with Crippen molar-refractivity contribution in [3.05, 3.63) is 12.3 Å². The molecule has 0 radical (unpaired) electrons. The molecule has 0 bridgehead atoms. The minimum Gasteiger partial charge on any atom is -0.388 e. The van der Waals surface area contributed by atoms with Gasteiger partial charge in [0.1, 0.15) is 5.82 Å². The average Bonchev–Trinajstić information content (AvgIpc) is 2.60. The van der Waals surface area contributed by atoms with Crippen molar-refractivity contribution < 1.29 is 5.11 Å². The Labute approximate surface area is 95.5 Å². The van der Waals surface area contributed by atoms with Gasteiger partial charge in [-0.05, 0) is 26.3 Å². The molecule has 0 amide bonds. The van der Waals surface area contributed by atoms with Crippen LogP contribution < -0.4 is 10.2 Å². The molecule has 2 N–H and O–H groups in total. The number of hydrogen-bond acceptors (Lipinski definition) is 5. The van der Waals surface area contributed by atoms with Crippen molar-refractivity contribution in [3.8, 4) is 0 Å². The van der Waals surface area contributed by atoms with Crippen LogP contribution in [0.1, 0.15) is 20.3 Å². The van der Waals surface area contributed by atoms with Crippen LogP contribution in [0.5, 0.6) is 0 Å². The topological polar surface area (TPSA) is 61.3 Å². The normalized spacial score (nSPS) is 24.8. The van der Waals surface area contributed by atoms with Crippen molar-refractivity contribution in [1.82, 2.24) is 9.97 Å². The molecule has 5 heteroatoms. The number of anilines is 2. The Bertz CT molecular complexity index is 367. The second kappa shape index (κ2) is 4.25. The summed E-state index contributed by atoms with van der Waals surface area (Å²) in [6.45, 7) is 6.16. The lowest BCUT2D eigenvalue weighted by atomic mass is 10.1.